The minimum absolute atomic E-state index is 0.00396. The molecule has 0 aliphatic carbocycles. The van der Waals surface area contributed by atoms with Crippen molar-refractivity contribution in [2.75, 3.05) is 6.61 Å². The molecule has 206 valence electrons. The lowest BCUT2D eigenvalue weighted by molar-refractivity contribution is -0.148. The zero-order chi connectivity index (χ0) is 26.3. The van der Waals surface area contributed by atoms with Gasteiger partial charge in [-0.3, -0.25) is 9.59 Å². The highest BCUT2D eigenvalue weighted by Gasteiger charge is 2.26. The molecule has 0 aromatic carbocycles. The van der Waals surface area contributed by atoms with Crippen molar-refractivity contribution in [2.45, 2.75) is 148 Å². The Bertz CT molecular complexity index is 554. The molecule has 0 aliphatic heterocycles. The summed E-state index contributed by atoms with van der Waals surface area (Å²) in [6.45, 7) is 6.24. The molecule has 35 heavy (non-hydrogen) atoms. The summed E-state index contributed by atoms with van der Waals surface area (Å²) in [7, 11) is 0. The average molecular weight is 498 g/mol. The molecule has 0 spiro atoms. The number of hydrogen-bond donors (Lipinski definition) is 3. The molecule has 0 bridgehead atoms. The zero-order valence-electron chi connectivity index (χ0n) is 23.0. The monoisotopic (exact) mass is 497 g/mol. The van der Waals surface area contributed by atoms with Gasteiger partial charge >= 0.3 is 5.97 Å². The summed E-state index contributed by atoms with van der Waals surface area (Å²) in [5.41, 5.74) is 11.0. The number of hydrogen-bond acceptors (Lipinski definition) is 5. The van der Waals surface area contributed by atoms with Crippen LogP contribution in [0.4, 0.5) is 0 Å². The summed E-state index contributed by atoms with van der Waals surface area (Å²) >= 11 is 0. The van der Waals surface area contributed by atoms with Crippen molar-refractivity contribution in [1.82, 2.24) is 5.32 Å². The molecular weight excluding hydrogens is 442 g/mol. The third-order valence-corrected chi connectivity index (χ3v) is 6.54. The molecule has 2 amide bonds. The maximum absolute atomic E-state index is 12.4. The highest BCUT2D eigenvalue weighted by Crippen LogP contribution is 2.14. The van der Waals surface area contributed by atoms with Crippen molar-refractivity contribution in [3.8, 4) is 0 Å². The van der Waals surface area contributed by atoms with Crippen LogP contribution in [0.15, 0.2) is 0 Å². The highest BCUT2D eigenvalue weighted by molar-refractivity contribution is 5.88. The van der Waals surface area contributed by atoms with Crippen LogP contribution in [-0.4, -0.2) is 36.5 Å². The molecule has 0 unspecified atom stereocenters. The van der Waals surface area contributed by atoms with E-state index < -0.39 is 29.9 Å². The van der Waals surface area contributed by atoms with Gasteiger partial charge in [0.05, 0.1) is 12.6 Å². The molecule has 5 N–H and O–H groups in total. The van der Waals surface area contributed by atoms with E-state index >= 15 is 0 Å². The van der Waals surface area contributed by atoms with Gasteiger partial charge in [0.2, 0.25) is 11.8 Å². The smallest absolute Gasteiger partial charge is 0.328 e. The van der Waals surface area contributed by atoms with E-state index in [1.807, 2.05) is 13.8 Å². The SMILES string of the molecule is CCCCCCCCCCCCCCCCCCOC(=O)[C@H](CCC(N)=O)NC(=O)[C@H](N)C(C)C. The Kier molecular flexibility index (Phi) is 21.7. The number of amides is 2. The molecule has 0 rings (SSSR count). The molecule has 0 fully saturated rings. The first-order valence-electron chi connectivity index (χ1n) is 14.3. The predicted octanol–water partition coefficient (Wildman–Crippen LogP) is 5.52. The van der Waals surface area contributed by atoms with Crippen molar-refractivity contribution in [2.24, 2.45) is 17.4 Å². The summed E-state index contributed by atoms with van der Waals surface area (Å²) in [6.07, 6.45) is 20.7. The van der Waals surface area contributed by atoms with E-state index in [9.17, 15) is 14.4 Å². The molecule has 0 aromatic rings. The lowest BCUT2D eigenvalue weighted by Gasteiger charge is -2.21. The van der Waals surface area contributed by atoms with Crippen LogP contribution in [0.1, 0.15) is 136 Å². The number of carbonyl (C=O) groups is 3. The van der Waals surface area contributed by atoms with Crippen LogP contribution in [0.25, 0.3) is 0 Å². The third kappa shape index (κ3) is 20.3. The number of rotatable bonds is 24. The highest BCUT2D eigenvalue weighted by atomic mass is 16.5. The Morgan fingerprint density at radius 2 is 1.17 bits per heavy atom. The summed E-state index contributed by atoms with van der Waals surface area (Å²) in [5.74, 6) is -1.54. The van der Waals surface area contributed by atoms with Gasteiger partial charge in [0.25, 0.3) is 0 Å². The number of nitrogens with two attached hydrogens (primary N) is 2. The maximum Gasteiger partial charge on any atom is 0.328 e. The van der Waals surface area contributed by atoms with E-state index in [0.717, 1.165) is 19.3 Å². The standard InChI is InChI=1S/C28H55N3O4/c1-4-5-6-7-8-9-10-11-12-13-14-15-16-17-18-19-22-35-28(34)24(20-21-25(29)32)31-27(33)26(30)23(2)3/h23-24,26H,4-22,30H2,1-3H3,(H2,29,32)(H,31,33)/t24-,26+/m0/s1. The second-order valence-electron chi connectivity index (χ2n) is 10.3. The fourth-order valence-electron chi connectivity index (χ4n) is 4.03. The van der Waals surface area contributed by atoms with Crippen molar-refractivity contribution in [3.05, 3.63) is 0 Å². The summed E-state index contributed by atoms with van der Waals surface area (Å²) in [5, 5.41) is 2.61. The minimum atomic E-state index is -0.902. The van der Waals surface area contributed by atoms with Crippen LogP contribution >= 0.6 is 0 Å². The Morgan fingerprint density at radius 3 is 1.57 bits per heavy atom. The van der Waals surface area contributed by atoms with Gasteiger partial charge in [-0.1, -0.05) is 117 Å². The number of primary amides is 1. The van der Waals surface area contributed by atoms with Gasteiger partial charge in [0.15, 0.2) is 0 Å². The Balaban J connectivity index is 3.79. The van der Waals surface area contributed by atoms with Gasteiger partial charge in [-0.25, -0.2) is 4.79 Å². The number of carbonyl (C=O) groups excluding carboxylic acids is 3. The molecule has 7 heteroatoms. The molecule has 2 atom stereocenters. The van der Waals surface area contributed by atoms with Crippen molar-refractivity contribution >= 4 is 17.8 Å². The summed E-state index contributed by atoms with van der Waals surface area (Å²) in [4.78, 5) is 35.7. The molecule has 7 nitrogen and oxygen atoms in total. The van der Waals surface area contributed by atoms with Crippen molar-refractivity contribution < 1.29 is 19.1 Å². The minimum Gasteiger partial charge on any atom is -0.464 e. The summed E-state index contributed by atoms with van der Waals surface area (Å²) in [6, 6.07) is -1.62. The van der Waals surface area contributed by atoms with Gasteiger partial charge in [0.1, 0.15) is 6.04 Å². The van der Waals surface area contributed by atoms with Crippen LogP contribution in [0, 0.1) is 5.92 Å². The Morgan fingerprint density at radius 1 is 0.743 bits per heavy atom. The van der Waals surface area contributed by atoms with E-state index in [-0.39, 0.29) is 18.8 Å². The van der Waals surface area contributed by atoms with E-state index in [2.05, 4.69) is 12.2 Å². The average Bonchev–Trinajstić information content (AvgIpc) is 2.82. The second-order valence-corrected chi connectivity index (χ2v) is 10.3. The summed E-state index contributed by atoms with van der Waals surface area (Å²) < 4.78 is 5.35. The van der Waals surface area contributed by atoms with Gasteiger partial charge in [-0.15, -0.1) is 0 Å². The Labute approximate surface area is 214 Å². The van der Waals surface area contributed by atoms with E-state index in [4.69, 9.17) is 16.2 Å². The number of unbranched alkanes of at least 4 members (excludes halogenated alkanes) is 15. The molecule has 0 radical (unpaired) electrons. The lowest BCUT2D eigenvalue weighted by atomic mass is 10.0. The van der Waals surface area contributed by atoms with Crippen LogP contribution in [0.3, 0.4) is 0 Å². The predicted molar refractivity (Wildman–Crippen MR) is 144 cm³/mol. The molecule has 0 heterocycles. The van der Waals surface area contributed by atoms with Crippen molar-refractivity contribution in [1.29, 1.82) is 0 Å². The van der Waals surface area contributed by atoms with Gasteiger partial charge < -0.3 is 21.5 Å². The zero-order valence-corrected chi connectivity index (χ0v) is 23.0. The quantitative estimate of drug-likeness (QED) is 0.119. The Hall–Kier alpha value is -1.63. The largest absolute Gasteiger partial charge is 0.464 e. The van der Waals surface area contributed by atoms with Crippen LogP contribution < -0.4 is 16.8 Å². The van der Waals surface area contributed by atoms with Crippen LogP contribution in [0.2, 0.25) is 0 Å². The van der Waals surface area contributed by atoms with E-state index in [0.29, 0.717) is 6.61 Å². The number of ether oxygens (including phenoxy) is 1. The van der Waals surface area contributed by atoms with Crippen molar-refractivity contribution in [3.63, 3.8) is 0 Å². The molecule has 0 saturated carbocycles. The molecule has 0 aromatic heterocycles. The van der Waals surface area contributed by atoms with Gasteiger partial charge in [0, 0.05) is 6.42 Å². The first kappa shape index (κ1) is 33.4. The molecule has 0 aliphatic rings. The first-order chi connectivity index (χ1) is 16.8. The topological polar surface area (TPSA) is 125 Å². The maximum atomic E-state index is 12.4. The number of nitrogens with one attached hydrogen (secondary N) is 1. The fraction of sp³-hybridized carbons (Fsp3) is 0.893. The lowest BCUT2D eigenvalue weighted by Crippen LogP contribution is -2.51. The number of esters is 1. The van der Waals surface area contributed by atoms with Crippen LogP contribution in [0.5, 0.6) is 0 Å². The first-order valence-corrected chi connectivity index (χ1v) is 14.3. The van der Waals surface area contributed by atoms with Gasteiger partial charge in [-0.2, -0.15) is 0 Å². The van der Waals surface area contributed by atoms with Gasteiger partial charge in [-0.05, 0) is 18.8 Å². The molecular formula is C28H55N3O4. The van der Waals surface area contributed by atoms with Crippen LogP contribution in [-0.2, 0) is 19.1 Å². The fourth-order valence-corrected chi connectivity index (χ4v) is 4.03. The normalized spacial score (nSPS) is 12.9. The second kappa shape index (κ2) is 22.8. The van der Waals surface area contributed by atoms with E-state index in [1.54, 1.807) is 0 Å². The molecule has 0 saturated heterocycles. The third-order valence-electron chi connectivity index (χ3n) is 6.54. The van der Waals surface area contributed by atoms with E-state index in [1.165, 1.54) is 83.5 Å².